The third-order valence-electron chi connectivity index (χ3n) is 4.75. The molecule has 4 N–H and O–H groups in total. The Labute approximate surface area is 187 Å². The van der Waals surface area contributed by atoms with Gasteiger partial charge in [0.05, 0.1) is 9.85 Å². The zero-order valence-electron chi connectivity index (χ0n) is 17.6. The van der Waals surface area contributed by atoms with Gasteiger partial charge >= 0.3 is 0 Å². The second kappa shape index (κ2) is 10.1. The third-order valence-corrected chi connectivity index (χ3v) is 4.75. The largest absolute Gasteiger partial charge is 0.412 e. The van der Waals surface area contributed by atoms with Crippen LogP contribution in [0.4, 0.5) is 22.7 Å². The number of hydrogen-bond acceptors (Lipinski definition) is 6. The fraction of sp³-hybridized carbons (Fsp3) is 0.0909. The highest BCUT2D eigenvalue weighted by Gasteiger charge is 2.16. The lowest BCUT2D eigenvalue weighted by Crippen LogP contribution is -2.15. The minimum atomic E-state index is -0.573. The second-order valence-electron chi connectivity index (χ2n) is 7.00. The van der Waals surface area contributed by atoms with Crippen molar-refractivity contribution in [2.75, 3.05) is 10.6 Å². The standard InChI is InChI=1S/C22H18N4O6.H2O/c1-13-3-9-17(25(29)30)11-19(13)21(27)23-15-5-7-16(8-6-15)24-22(28)20-12-18(26(31)32)10-4-14(20)2;/h3-12H,1-2H3,(H,23,27)(H,24,28);1H2. The van der Waals surface area contributed by atoms with E-state index in [0.717, 1.165) is 0 Å². The number of aryl methyl sites for hydroxylation is 2. The van der Waals surface area contributed by atoms with Gasteiger partial charge in [0, 0.05) is 46.8 Å². The van der Waals surface area contributed by atoms with E-state index in [9.17, 15) is 29.8 Å². The van der Waals surface area contributed by atoms with Crippen molar-refractivity contribution in [2.45, 2.75) is 13.8 Å². The summed E-state index contributed by atoms with van der Waals surface area (Å²) in [5.41, 5.74) is 2.01. The number of carbonyl (C=O) groups is 2. The molecule has 2 amide bonds. The molecular weight excluding hydrogens is 432 g/mol. The first-order valence-corrected chi connectivity index (χ1v) is 9.38. The smallest absolute Gasteiger partial charge is 0.270 e. The number of amides is 2. The van der Waals surface area contributed by atoms with Gasteiger partial charge in [0.2, 0.25) is 0 Å². The van der Waals surface area contributed by atoms with Gasteiger partial charge in [0.25, 0.3) is 23.2 Å². The van der Waals surface area contributed by atoms with Crippen LogP contribution in [0.3, 0.4) is 0 Å². The van der Waals surface area contributed by atoms with Crippen molar-refractivity contribution in [3.63, 3.8) is 0 Å². The highest BCUT2D eigenvalue weighted by molar-refractivity contribution is 6.07. The average Bonchev–Trinajstić information content (AvgIpc) is 2.75. The van der Waals surface area contributed by atoms with E-state index in [1.165, 1.54) is 36.4 Å². The first kappa shape index (κ1) is 24.6. The van der Waals surface area contributed by atoms with Crippen LogP contribution in [0.2, 0.25) is 0 Å². The van der Waals surface area contributed by atoms with Gasteiger partial charge < -0.3 is 16.1 Å². The maximum atomic E-state index is 12.5. The average molecular weight is 452 g/mol. The first-order chi connectivity index (χ1) is 15.2. The van der Waals surface area contributed by atoms with Crippen molar-refractivity contribution in [3.8, 4) is 0 Å². The Bertz CT molecular complexity index is 1140. The Morgan fingerprint density at radius 1 is 0.667 bits per heavy atom. The van der Waals surface area contributed by atoms with Crippen molar-refractivity contribution in [1.29, 1.82) is 0 Å². The Balaban J connectivity index is 0.00000385. The molecule has 0 aliphatic heterocycles. The number of non-ortho nitro benzene ring substituents is 2. The van der Waals surface area contributed by atoms with Crippen molar-refractivity contribution in [3.05, 3.63) is 103 Å². The number of nitro groups is 2. The van der Waals surface area contributed by atoms with Crippen LogP contribution >= 0.6 is 0 Å². The molecule has 170 valence electrons. The summed E-state index contributed by atoms with van der Waals surface area (Å²) in [7, 11) is 0. The van der Waals surface area contributed by atoms with E-state index in [1.54, 1.807) is 38.1 Å². The van der Waals surface area contributed by atoms with E-state index in [1.807, 2.05) is 0 Å². The SMILES string of the molecule is Cc1ccc([N+](=O)[O-])cc1C(=O)Nc1ccc(NC(=O)c2cc([N+](=O)[O-])ccc2C)cc1.O. The van der Waals surface area contributed by atoms with Crippen LogP contribution in [0.25, 0.3) is 0 Å². The topological polar surface area (TPSA) is 176 Å². The minimum Gasteiger partial charge on any atom is -0.412 e. The van der Waals surface area contributed by atoms with Crippen molar-refractivity contribution in [2.24, 2.45) is 0 Å². The molecule has 0 unspecified atom stereocenters. The number of rotatable bonds is 6. The lowest BCUT2D eigenvalue weighted by molar-refractivity contribution is -0.385. The molecule has 0 aliphatic carbocycles. The van der Waals surface area contributed by atoms with Crippen molar-refractivity contribution < 1.29 is 24.9 Å². The summed E-state index contributed by atoms with van der Waals surface area (Å²) in [5.74, 6) is -1.01. The Hall–Kier alpha value is -4.64. The molecule has 0 radical (unpaired) electrons. The summed E-state index contributed by atoms with van der Waals surface area (Å²) >= 11 is 0. The molecule has 11 nitrogen and oxygen atoms in total. The predicted molar refractivity (Wildman–Crippen MR) is 122 cm³/mol. The predicted octanol–water partition coefficient (Wildman–Crippen LogP) is 3.80. The van der Waals surface area contributed by atoms with Gasteiger partial charge in [0.15, 0.2) is 0 Å². The number of nitrogens with zero attached hydrogens (tertiary/aromatic N) is 2. The summed E-state index contributed by atoms with van der Waals surface area (Å²) in [4.78, 5) is 45.8. The minimum absolute atomic E-state index is 0. The number of benzene rings is 3. The van der Waals surface area contributed by atoms with E-state index < -0.39 is 21.7 Å². The molecule has 0 spiro atoms. The molecule has 0 fully saturated rings. The van der Waals surface area contributed by atoms with Gasteiger partial charge in [-0.2, -0.15) is 0 Å². The van der Waals surface area contributed by atoms with Crippen molar-refractivity contribution in [1.82, 2.24) is 0 Å². The molecule has 0 atom stereocenters. The number of hydrogen-bond donors (Lipinski definition) is 2. The fourth-order valence-corrected chi connectivity index (χ4v) is 2.97. The molecule has 11 heteroatoms. The van der Waals surface area contributed by atoms with Crippen LogP contribution in [0.15, 0.2) is 60.7 Å². The summed E-state index contributed by atoms with van der Waals surface area (Å²) in [5, 5.41) is 27.2. The highest BCUT2D eigenvalue weighted by atomic mass is 16.6. The van der Waals surface area contributed by atoms with Crippen LogP contribution in [0, 0.1) is 34.1 Å². The molecule has 0 heterocycles. The molecule has 0 saturated heterocycles. The van der Waals surface area contributed by atoms with Crippen LogP contribution in [-0.2, 0) is 0 Å². The molecule has 0 bridgehead atoms. The van der Waals surface area contributed by atoms with Crippen molar-refractivity contribution >= 4 is 34.6 Å². The normalized spacial score (nSPS) is 10.0. The van der Waals surface area contributed by atoms with E-state index in [-0.39, 0.29) is 28.0 Å². The number of anilines is 2. The maximum Gasteiger partial charge on any atom is 0.270 e. The highest BCUT2D eigenvalue weighted by Crippen LogP contribution is 2.22. The number of nitrogens with one attached hydrogen (secondary N) is 2. The molecule has 0 aromatic heterocycles. The quantitative estimate of drug-likeness (QED) is 0.424. The molecule has 0 aliphatic rings. The molecule has 33 heavy (non-hydrogen) atoms. The maximum absolute atomic E-state index is 12.5. The zero-order chi connectivity index (χ0) is 23.4. The third kappa shape index (κ3) is 5.74. The Morgan fingerprint density at radius 3 is 1.30 bits per heavy atom. The van der Waals surface area contributed by atoms with E-state index in [4.69, 9.17) is 0 Å². The van der Waals surface area contributed by atoms with Crippen LogP contribution in [0.1, 0.15) is 31.8 Å². The van der Waals surface area contributed by atoms with Gasteiger partial charge in [-0.25, -0.2) is 0 Å². The lowest BCUT2D eigenvalue weighted by atomic mass is 10.1. The monoisotopic (exact) mass is 452 g/mol. The van der Waals surface area contributed by atoms with Gasteiger partial charge in [-0.15, -0.1) is 0 Å². The second-order valence-corrected chi connectivity index (χ2v) is 7.00. The van der Waals surface area contributed by atoms with Crippen LogP contribution < -0.4 is 10.6 Å². The Kier molecular flexibility index (Phi) is 7.55. The van der Waals surface area contributed by atoms with E-state index in [2.05, 4.69) is 10.6 Å². The molecule has 0 saturated carbocycles. The van der Waals surface area contributed by atoms with E-state index >= 15 is 0 Å². The summed E-state index contributed by atoms with van der Waals surface area (Å²) in [6, 6.07) is 14.3. The molecule has 3 rings (SSSR count). The summed E-state index contributed by atoms with van der Waals surface area (Å²) < 4.78 is 0. The Morgan fingerprint density at radius 2 is 1.00 bits per heavy atom. The first-order valence-electron chi connectivity index (χ1n) is 9.38. The molecule has 3 aromatic carbocycles. The van der Waals surface area contributed by atoms with Crippen LogP contribution in [0.5, 0.6) is 0 Å². The molecular formula is C22H20N4O7. The van der Waals surface area contributed by atoms with Gasteiger partial charge in [-0.05, 0) is 49.2 Å². The lowest BCUT2D eigenvalue weighted by Gasteiger charge is -2.10. The number of nitro benzene ring substituents is 2. The number of carbonyl (C=O) groups excluding carboxylic acids is 2. The summed E-state index contributed by atoms with van der Waals surface area (Å²) in [6.45, 7) is 3.35. The van der Waals surface area contributed by atoms with Gasteiger partial charge in [-0.3, -0.25) is 29.8 Å². The molecule has 3 aromatic rings. The van der Waals surface area contributed by atoms with E-state index in [0.29, 0.717) is 22.5 Å². The zero-order valence-corrected chi connectivity index (χ0v) is 17.6. The van der Waals surface area contributed by atoms with Crippen LogP contribution in [-0.4, -0.2) is 27.1 Å². The fourth-order valence-electron chi connectivity index (χ4n) is 2.97. The summed E-state index contributed by atoms with van der Waals surface area (Å²) in [6.07, 6.45) is 0. The van der Waals surface area contributed by atoms with Gasteiger partial charge in [0.1, 0.15) is 0 Å². The van der Waals surface area contributed by atoms with Gasteiger partial charge in [-0.1, -0.05) is 12.1 Å².